The highest BCUT2D eigenvalue weighted by molar-refractivity contribution is 7.99. The van der Waals surface area contributed by atoms with Crippen molar-refractivity contribution in [2.75, 3.05) is 0 Å². The van der Waals surface area contributed by atoms with E-state index in [-0.39, 0.29) is 11.8 Å². The summed E-state index contributed by atoms with van der Waals surface area (Å²) in [6.45, 7) is 0. The molecule has 0 amide bonds. The molecule has 0 saturated carbocycles. The van der Waals surface area contributed by atoms with Crippen molar-refractivity contribution in [3.8, 4) is 34.0 Å². The molecule has 1 heterocycles. The first-order chi connectivity index (χ1) is 12.7. The second-order valence-corrected chi connectivity index (χ2v) is 7.02. The summed E-state index contributed by atoms with van der Waals surface area (Å²) in [6, 6.07) is 28.0. The lowest BCUT2D eigenvalue weighted by Gasteiger charge is -2.09. The SMILES string of the molecule is Oc1cc(-c2ccccc2Sc2ccc(-c3ccccc3)cc2)c(O)[nH]1. The van der Waals surface area contributed by atoms with E-state index in [0.29, 0.717) is 5.56 Å². The number of hydrogen-bond donors (Lipinski definition) is 3. The van der Waals surface area contributed by atoms with Crippen molar-refractivity contribution < 1.29 is 10.2 Å². The number of H-pyrrole nitrogens is 1. The summed E-state index contributed by atoms with van der Waals surface area (Å²) in [4.78, 5) is 4.64. The molecule has 3 nitrogen and oxygen atoms in total. The van der Waals surface area contributed by atoms with E-state index in [0.717, 1.165) is 15.4 Å². The lowest BCUT2D eigenvalue weighted by atomic mass is 10.1. The summed E-state index contributed by atoms with van der Waals surface area (Å²) in [5.41, 5.74) is 3.83. The summed E-state index contributed by atoms with van der Waals surface area (Å²) in [6.07, 6.45) is 0. The van der Waals surface area contributed by atoms with Gasteiger partial charge >= 0.3 is 0 Å². The van der Waals surface area contributed by atoms with Crippen molar-refractivity contribution in [3.05, 3.63) is 84.9 Å². The minimum Gasteiger partial charge on any atom is -0.494 e. The van der Waals surface area contributed by atoms with Gasteiger partial charge in [0.1, 0.15) is 0 Å². The van der Waals surface area contributed by atoms with Crippen LogP contribution in [-0.2, 0) is 0 Å². The summed E-state index contributed by atoms with van der Waals surface area (Å²) >= 11 is 1.62. The van der Waals surface area contributed by atoms with Crippen LogP contribution in [-0.4, -0.2) is 15.2 Å². The Morgan fingerprint density at radius 3 is 2.00 bits per heavy atom. The molecule has 4 aromatic rings. The van der Waals surface area contributed by atoms with Gasteiger partial charge in [-0.05, 0) is 29.3 Å². The molecule has 0 aliphatic heterocycles. The van der Waals surface area contributed by atoms with E-state index in [1.165, 1.54) is 17.2 Å². The molecule has 128 valence electrons. The van der Waals surface area contributed by atoms with Crippen LogP contribution in [0.25, 0.3) is 22.3 Å². The maximum absolute atomic E-state index is 10.0. The van der Waals surface area contributed by atoms with Gasteiger partial charge in [-0.1, -0.05) is 72.4 Å². The maximum atomic E-state index is 10.0. The van der Waals surface area contributed by atoms with E-state index < -0.39 is 0 Å². The predicted octanol–water partition coefficient (Wildman–Crippen LogP) is 5.91. The molecule has 0 atom stereocenters. The maximum Gasteiger partial charge on any atom is 0.199 e. The molecule has 0 bridgehead atoms. The van der Waals surface area contributed by atoms with Crippen molar-refractivity contribution in [3.63, 3.8) is 0 Å². The Morgan fingerprint density at radius 1 is 0.654 bits per heavy atom. The van der Waals surface area contributed by atoms with Crippen LogP contribution in [0.15, 0.2) is 94.7 Å². The number of benzene rings is 3. The van der Waals surface area contributed by atoms with E-state index >= 15 is 0 Å². The lowest BCUT2D eigenvalue weighted by Crippen LogP contribution is -1.82. The molecule has 3 N–H and O–H groups in total. The van der Waals surface area contributed by atoms with Gasteiger partial charge in [-0.2, -0.15) is 0 Å². The molecule has 4 rings (SSSR count). The number of hydrogen-bond acceptors (Lipinski definition) is 3. The van der Waals surface area contributed by atoms with Crippen LogP contribution >= 0.6 is 11.8 Å². The number of aromatic nitrogens is 1. The quantitative estimate of drug-likeness (QED) is 0.424. The molecule has 3 aromatic carbocycles. The van der Waals surface area contributed by atoms with Crippen LogP contribution in [0.2, 0.25) is 0 Å². The van der Waals surface area contributed by atoms with Gasteiger partial charge in [-0.3, -0.25) is 4.98 Å². The Kier molecular flexibility index (Phi) is 4.42. The van der Waals surface area contributed by atoms with Gasteiger partial charge in [0.25, 0.3) is 0 Å². The van der Waals surface area contributed by atoms with E-state index in [1.807, 2.05) is 42.5 Å². The predicted molar refractivity (Wildman–Crippen MR) is 106 cm³/mol. The molecule has 0 spiro atoms. The van der Waals surface area contributed by atoms with Gasteiger partial charge in [0.05, 0.1) is 0 Å². The summed E-state index contributed by atoms with van der Waals surface area (Å²) in [7, 11) is 0. The Labute approximate surface area is 156 Å². The largest absolute Gasteiger partial charge is 0.494 e. The fourth-order valence-corrected chi connectivity index (χ4v) is 3.85. The average molecular weight is 359 g/mol. The van der Waals surface area contributed by atoms with Gasteiger partial charge < -0.3 is 10.2 Å². The van der Waals surface area contributed by atoms with Gasteiger partial charge in [0.2, 0.25) is 0 Å². The number of aromatic hydroxyl groups is 2. The second kappa shape index (κ2) is 7.02. The Balaban J connectivity index is 1.63. The fourth-order valence-electron chi connectivity index (χ4n) is 2.89. The van der Waals surface area contributed by atoms with E-state index in [9.17, 15) is 10.2 Å². The van der Waals surface area contributed by atoms with Crippen molar-refractivity contribution >= 4 is 11.8 Å². The number of nitrogens with one attached hydrogen (secondary N) is 1. The van der Waals surface area contributed by atoms with Crippen LogP contribution in [0.1, 0.15) is 0 Å². The number of aromatic amines is 1. The van der Waals surface area contributed by atoms with Crippen molar-refractivity contribution in [2.45, 2.75) is 9.79 Å². The van der Waals surface area contributed by atoms with Gasteiger partial charge in [-0.15, -0.1) is 0 Å². The number of rotatable bonds is 4. The van der Waals surface area contributed by atoms with Crippen LogP contribution < -0.4 is 0 Å². The third-order valence-corrected chi connectivity index (χ3v) is 5.23. The standard InChI is InChI=1S/C22H17NO2S/c24-21-14-19(22(25)23-21)18-8-4-5-9-20(18)26-17-12-10-16(11-13-17)15-6-2-1-3-7-15/h1-14,23-25H. The van der Waals surface area contributed by atoms with Gasteiger partial charge in [-0.25, -0.2) is 0 Å². The van der Waals surface area contributed by atoms with Crippen LogP contribution in [0, 0.1) is 0 Å². The minimum atomic E-state index is -0.0514. The van der Waals surface area contributed by atoms with E-state index in [1.54, 1.807) is 11.8 Å². The zero-order valence-corrected chi connectivity index (χ0v) is 14.7. The normalized spacial score (nSPS) is 10.8. The Bertz CT molecular complexity index is 1020. The van der Waals surface area contributed by atoms with Crippen molar-refractivity contribution in [2.24, 2.45) is 0 Å². The van der Waals surface area contributed by atoms with Crippen molar-refractivity contribution in [1.29, 1.82) is 0 Å². The summed E-state index contributed by atoms with van der Waals surface area (Å²) < 4.78 is 0. The molecule has 0 radical (unpaired) electrons. The first kappa shape index (κ1) is 16.4. The van der Waals surface area contributed by atoms with Crippen LogP contribution in [0.4, 0.5) is 0 Å². The first-order valence-electron chi connectivity index (χ1n) is 8.24. The molecular weight excluding hydrogens is 342 g/mol. The molecule has 0 aliphatic carbocycles. The Hall–Kier alpha value is -3.11. The molecule has 0 unspecified atom stereocenters. The topological polar surface area (TPSA) is 56.2 Å². The zero-order valence-electron chi connectivity index (χ0n) is 13.9. The van der Waals surface area contributed by atoms with Crippen LogP contribution in [0.5, 0.6) is 11.8 Å². The molecule has 0 aliphatic rings. The highest BCUT2D eigenvalue weighted by Gasteiger charge is 2.13. The third kappa shape index (κ3) is 3.32. The van der Waals surface area contributed by atoms with Crippen molar-refractivity contribution in [1.82, 2.24) is 4.98 Å². The first-order valence-corrected chi connectivity index (χ1v) is 9.06. The van der Waals surface area contributed by atoms with Gasteiger partial charge in [0.15, 0.2) is 11.8 Å². The van der Waals surface area contributed by atoms with E-state index in [2.05, 4.69) is 41.4 Å². The molecule has 1 aromatic heterocycles. The molecular formula is C22H17NO2S. The van der Waals surface area contributed by atoms with E-state index in [4.69, 9.17) is 0 Å². The lowest BCUT2D eigenvalue weighted by molar-refractivity contribution is 0.426. The summed E-state index contributed by atoms with van der Waals surface area (Å²) in [5, 5.41) is 19.6. The monoisotopic (exact) mass is 359 g/mol. The highest BCUT2D eigenvalue weighted by Crippen LogP contribution is 2.40. The van der Waals surface area contributed by atoms with Gasteiger partial charge in [0, 0.05) is 27.0 Å². The average Bonchev–Trinajstić information content (AvgIpc) is 3.01. The minimum absolute atomic E-state index is 0.0324. The molecule has 4 heteroatoms. The second-order valence-electron chi connectivity index (χ2n) is 5.91. The zero-order chi connectivity index (χ0) is 17.9. The molecule has 0 fully saturated rings. The molecule has 26 heavy (non-hydrogen) atoms. The fraction of sp³-hybridized carbons (Fsp3) is 0. The summed E-state index contributed by atoms with van der Waals surface area (Å²) in [5.74, 6) is -0.0838. The Morgan fingerprint density at radius 2 is 1.31 bits per heavy atom. The van der Waals surface area contributed by atoms with Crippen LogP contribution in [0.3, 0.4) is 0 Å². The highest BCUT2D eigenvalue weighted by atomic mass is 32.2. The molecule has 0 saturated heterocycles. The smallest absolute Gasteiger partial charge is 0.199 e. The third-order valence-electron chi connectivity index (χ3n) is 4.15.